The molecule has 0 radical (unpaired) electrons. The van der Waals surface area contributed by atoms with Gasteiger partial charge in [0.2, 0.25) is 11.8 Å². The molecule has 0 saturated carbocycles. The summed E-state index contributed by atoms with van der Waals surface area (Å²) >= 11 is 0. The van der Waals surface area contributed by atoms with E-state index in [1.165, 1.54) is 24.3 Å². The van der Waals surface area contributed by atoms with E-state index in [-0.39, 0.29) is 29.7 Å². The number of carbonyl (C=O) groups excluding carboxylic acids is 2. The lowest BCUT2D eigenvalue weighted by atomic mass is 9.68. The molecule has 0 unspecified atom stereocenters. The van der Waals surface area contributed by atoms with E-state index < -0.39 is 56.0 Å². The lowest BCUT2D eigenvalue weighted by molar-refractivity contribution is -0.123. The summed E-state index contributed by atoms with van der Waals surface area (Å²) in [6.45, 7) is -0.942. The van der Waals surface area contributed by atoms with Crippen molar-refractivity contribution in [3.05, 3.63) is 101 Å². The number of aromatic hydroxyl groups is 1. The van der Waals surface area contributed by atoms with Crippen molar-refractivity contribution < 1.29 is 40.1 Å². The minimum Gasteiger partial charge on any atom is -0.508 e. The molecule has 6 N–H and O–H groups in total. The molecule has 0 aromatic heterocycles. The van der Waals surface area contributed by atoms with Gasteiger partial charge in [0.05, 0.1) is 36.8 Å². The number of carbonyl (C=O) groups is 2. The zero-order valence-corrected chi connectivity index (χ0v) is 23.5. The Morgan fingerprint density at radius 2 is 1.67 bits per heavy atom. The molecule has 2 amide bonds. The van der Waals surface area contributed by atoms with Crippen LogP contribution in [0.2, 0.25) is 0 Å². The molecule has 10 heteroatoms. The van der Waals surface area contributed by atoms with Crippen molar-refractivity contribution in [1.29, 1.82) is 0 Å². The molecule has 1 saturated heterocycles. The van der Waals surface area contributed by atoms with Crippen molar-refractivity contribution in [2.45, 2.75) is 25.4 Å². The van der Waals surface area contributed by atoms with E-state index in [0.29, 0.717) is 17.6 Å². The molecule has 0 bridgehead atoms. The summed E-state index contributed by atoms with van der Waals surface area (Å²) < 4.78 is 0. The first-order chi connectivity index (χ1) is 20.7. The highest BCUT2D eigenvalue weighted by atomic mass is 16.4. The molecule has 9 nitrogen and oxygen atoms in total. The van der Waals surface area contributed by atoms with Gasteiger partial charge in [0.1, 0.15) is 5.75 Å². The predicted molar refractivity (Wildman–Crippen MR) is 163 cm³/mol. The highest BCUT2D eigenvalue weighted by molar-refractivity contribution is 6.58. The maximum absolute atomic E-state index is 13.7. The van der Waals surface area contributed by atoms with Gasteiger partial charge in [-0.15, -0.1) is 0 Å². The third kappa shape index (κ3) is 6.20. The van der Waals surface area contributed by atoms with Crippen molar-refractivity contribution in [2.24, 2.45) is 17.8 Å². The molecule has 1 aliphatic carbocycles. The molecule has 1 heterocycles. The second kappa shape index (κ2) is 13.1. The van der Waals surface area contributed by atoms with Gasteiger partial charge in [-0.1, -0.05) is 60.7 Å². The van der Waals surface area contributed by atoms with Crippen molar-refractivity contribution >= 4 is 41.7 Å². The Morgan fingerprint density at radius 1 is 0.953 bits per heavy atom. The molecule has 2 aliphatic rings. The smallest absolute Gasteiger partial charge is 0.488 e. The van der Waals surface area contributed by atoms with E-state index in [0.717, 1.165) is 21.6 Å². The summed E-state index contributed by atoms with van der Waals surface area (Å²) in [7, 11) is -1.78. The van der Waals surface area contributed by atoms with Crippen molar-refractivity contribution in [3.63, 3.8) is 0 Å². The second-order valence-electron chi connectivity index (χ2n) is 11.0. The van der Waals surface area contributed by atoms with Crippen LogP contribution in [0.4, 0.5) is 5.69 Å². The number of nitrogens with zero attached hydrogens (tertiary/aromatic N) is 1. The van der Waals surface area contributed by atoms with Crippen LogP contribution in [0.15, 0.2) is 90.0 Å². The topological polar surface area (TPSA) is 159 Å². The number of anilines is 1. The average Bonchev–Trinajstić information content (AvgIpc) is 3.28. The number of allylic oxidation sites excluding steroid dienone is 1. The first kappa shape index (κ1) is 30.4. The van der Waals surface area contributed by atoms with Crippen LogP contribution in [-0.4, -0.2) is 68.7 Å². The number of hydrogen-bond acceptors (Lipinski definition) is 8. The molecule has 1 fully saturated rings. The zero-order chi connectivity index (χ0) is 30.7. The van der Waals surface area contributed by atoms with Crippen LogP contribution in [0.1, 0.15) is 30.4 Å². The number of phenolic OH excluding ortho intramolecular Hbond substituents is 1. The molecule has 43 heavy (non-hydrogen) atoms. The Bertz CT molecular complexity index is 1540. The minimum absolute atomic E-state index is 0.0579. The van der Waals surface area contributed by atoms with Crippen LogP contribution in [0.5, 0.6) is 5.75 Å². The lowest BCUT2D eigenvalue weighted by Gasteiger charge is -2.36. The summed E-state index contributed by atoms with van der Waals surface area (Å²) in [5.41, 5.74) is 3.85. The van der Waals surface area contributed by atoms with E-state index in [4.69, 9.17) is 0 Å². The maximum atomic E-state index is 13.7. The number of phenols is 1. The number of fused-ring (bicyclic) bond motifs is 1. The van der Waals surface area contributed by atoms with Crippen molar-refractivity contribution in [2.75, 3.05) is 18.1 Å². The second-order valence-corrected chi connectivity index (χ2v) is 11.0. The summed E-state index contributed by atoms with van der Waals surface area (Å²) in [6.07, 6.45) is 1.58. The molecule has 4 atom stereocenters. The highest BCUT2D eigenvalue weighted by Crippen LogP contribution is 2.47. The van der Waals surface area contributed by atoms with Gasteiger partial charge in [-0.05, 0) is 76.8 Å². The molecule has 222 valence electrons. The molecule has 5 rings (SSSR count). The highest BCUT2D eigenvalue weighted by Gasteiger charge is 2.55. The summed E-state index contributed by atoms with van der Waals surface area (Å²) in [5, 5.41) is 61.2. The molecule has 0 spiro atoms. The van der Waals surface area contributed by atoms with Gasteiger partial charge in [-0.25, -0.2) is 0 Å². The van der Waals surface area contributed by atoms with Crippen molar-refractivity contribution in [3.8, 4) is 5.75 Å². The number of benzene rings is 3. The number of aliphatic hydroxyl groups is 3. The molecular formula is C33H34BNO8. The Kier molecular flexibility index (Phi) is 9.24. The van der Waals surface area contributed by atoms with Crippen LogP contribution < -0.4 is 10.4 Å². The predicted octanol–water partition coefficient (Wildman–Crippen LogP) is 1.86. The fourth-order valence-electron chi connectivity index (χ4n) is 6.36. The third-order valence-corrected chi connectivity index (χ3v) is 8.42. The first-order valence-electron chi connectivity index (χ1n) is 14.2. The average molecular weight is 583 g/mol. The quantitative estimate of drug-likeness (QED) is 0.0914. The summed E-state index contributed by atoms with van der Waals surface area (Å²) in [6, 6.07) is 22.3. The number of imide groups is 1. The molecule has 1 aliphatic heterocycles. The SMILES string of the molecule is O=C1[C@@H]2[C@@H](CC(CO)=C([C@H](O)CC/C(=C/c3ccc(O)cc3)c3ccccc3)[C@@H]2CO)C(=O)N1c1cccc(B(O)O)c1. The maximum Gasteiger partial charge on any atom is 0.488 e. The van der Waals surface area contributed by atoms with Crippen LogP contribution in [-0.2, 0) is 9.59 Å². The monoisotopic (exact) mass is 583 g/mol. The fourth-order valence-corrected chi connectivity index (χ4v) is 6.36. The van der Waals surface area contributed by atoms with E-state index in [1.54, 1.807) is 24.3 Å². The van der Waals surface area contributed by atoms with E-state index in [1.807, 2.05) is 36.4 Å². The van der Waals surface area contributed by atoms with Crippen LogP contribution in [0.3, 0.4) is 0 Å². The normalized spacial score (nSPS) is 21.3. The molecule has 3 aromatic carbocycles. The summed E-state index contributed by atoms with van der Waals surface area (Å²) in [4.78, 5) is 28.2. The van der Waals surface area contributed by atoms with Crippen molar-refractivity contribution in [1.82, 2.24) is 0 Å². The number of amides is 2. The number of hydrogen-bond donors (Lipinski definition) is 6. The zero-order valence-electron chi connectivity index (χ0n) is 23.5. The third-order valence-electron chi connectivity index (χ3n) is 8.42. The standard InChI is InChI=1S/C33H34BNO8/c36-18-23-16-27-31(33(41)35(32(27)40)25-8-4-7-24(17-25)34(42)43)28(19-37)30(23)29(39)14-11-22(21-5-2-1-3-6-21)15-20-9-12-26(38)13-10-20/h1-10,12-13,15,17,27-29,31,36-39,42-43H,11,14,16,18-19H2/b22-15-/t27-,28+,29-,31-/m1/s1. The largest absolute Gasteiger partial charge is 0.508 e. The molecular weight excluding hydrogens is 549 g/mol. The van der Waals surface area contributed by atoms with Gasteiger partial charge in [0.15, 0.2) is 0 Å². The Hall–Kier alpha value is -4.06. The van der Waals surface area contributed by atoms with E-state index in [2.05, 4.69) is 0 Å². The minimum atomic E-state index is -1.78. The Balaban J connectivity index is 1.42. The summed E-state index contributed by atoms with van der Waals surface area (Å²) in [5.74, 6) is -3.55. The first-order valence-corrected chi connectivity index (χ1v) is 14.2. The Labute approximate surface area is 249 Å². The van der Waals surface area contributed by atoms with Gasteiger partial charge in [0, 0.05) is 5.92 Å². The van der Waals surface area contributed by atoms with Gasteiger partial charge in [-0.2, -0.15) is 0 Å². The van der Waals surface area contributed by atoms with Crippen LogP contribution in [0.25, 0.3) is 11.6 Å². The van der Waals surface area contributed by atoms with Gasteiger partial charge in [-0.3, -0.25) is 14.5 Å². The van der Waals surface area contributed by atoms with Crippen LogP contribution in [0, 0.1) is 17.8 Å². The Morgan fingerprint density at radius 3 is 2.33 bits per heavy atom. The number of aliphatic hydroxyl groups excluding tert-OH is 3. The number of rotatable bonds is 10. The van der Waals surface area contributed by atoms with Crippen LogP contribution >= 0.6 is 0 Å². The van der Waals surface area contributed by atoms with E-state index in [9.17, 15) is 40.1 Å². The van der Waals surface area contributed by atoms with Gasteiger partial charge in [0.25, 0.3) is 0 Å². The lowest BCUT2D eigenvalue weighted by Crippen LogP contribution is -2.39. The van der Waals surface area contributed by atoms with Gasteiger partial charge >= 0.3 is 7.12 Å². The van der Waals surface area contributed by atoms with E-state index >= 15 is 0 Å². The fraction of sp³-hybridized carbons (Fsp3) is 0.273. The van der Waals surface area contributed by atoms with Gasteiger partial charge < -0.3 is 30.5 Å². The molecule has 3 aromatic rings.